The fourth-order valence-electron chi connectivity index (χ4n) is 2.96. The molecule has 0 spiro atoms. The predicted octanol–water partition coefficient (Wildman–Crippen LogP) is 3.52. The molecule has 3 aromatic rings. The SMILES string of the molecule is CCN(CC)C(=O)Cn1c(NCc2ccccc2)nc2ccccc21. The van der Waals surface area contributed by atoms with Gasteiger partial charge >= 0.3 is 0 Å². The molecule has 25 heavy (non-hydrogen) atoms. The van der Waals surface area contributed by atoms with E-state index in [4.69, 9.17) is 0 Å². The molecule has 0 saturated carbocycles. The first-order chi connectivity index (χ1) is 12.2. The first-order valence-corrected chi connectivity index (χ1v) is 8.73. The van der Waals surface area contributed by atoms with Gasteiger partial charge in [-0.25, -0.2) is 4.98 Å². The van der Waals surface area contributed by atoms with E-state index in [9.17, 15) is 4.79 Å². The van der Waals surface area contributed by atoms with Crippen molar-refractivity contribution in [2.24, 2.45) is 0 Å². The Hall–Kier alpha value is -2.82. The molecule has 0 radical (unpaired) electrons. The van der Waals surface area contributed by atoms with Crippen LogP contribution in [0.2, 0.25) is 0 Å². The number of hydrogen-bond acceptors (Lipinski definition) is 3. The van der Waals surface area contributed by atoms with Gasteiger partial charge in [0.25, 0.3) is 0 Å². The Bertz CT molecular complexity index is 837. The van der Waals surface area contributed by atoms with E-state index in [0.29, 0.717) is 13.1 Å². The molecule has 1 aromatic heterocycles. The van der Waals surface area contributed by atoms with Gasteiger partial charge in [0.2, 0.25) is 11.9 Å². The summed E-state index contributed by atoms with van der Waals surface area (Å²) in [4.78, 5) is 19.1. The second kappa shape index (κ2) is 7.83. The van der Waals surface area contributed by atoms with E-state index < -0.39 is 0 Å². The van der Waals surface area contributed by atoms with Crippen LogP contribution in [0.3, 0.4) is 0 Å². The zero-order valence-corrected chi connectivity index (χ0v) is 14.8. The molecule has 0 aliphatic heterocycles. The summed E-state index contributed by atoms with van der Waals surface area (Å²) < 4.78 is 1.97. The molecule has 130 valence electrons. The van der Waals surface area contributed by atoms with Crippen molar-refractivity contribution >= 4 is 22.9 Å². The zero-order chi connectivity index (χ0) is 17.6. The molecule has 0 bridgehead atoms. The normalized spacial score (nSPS) is 10.8. The third-order valence-corrected chi connectivity index (χ3v) is 4.36. The summed E-state index contributed by atoms with van der Waals surface area (Å²) in [5, 5.41) is 3.38. The number of fused-ring (bicyclic) bond motifs is 1. The molecule has 0 aliphatic carbocycles. The van der Waals surface area contributed by atoms with Crippen LogP contribution in [0.1, 0.15) is 19.4 Å². The van der Waals surface area contributed by atoms with Crippen molar-refractivity contribution in [2.75, 3.05) is 18.4 Å². The molecule has 1 N–H and O–H groups in total. The lowest BCUT2D eigenvalue weighted by molar-refractivity contribution is -0.131. The third-order valence-electron chi connectivity index (χ3n) is 4.36. The average Bonchev–Trinajstić information content (AvgIpc) is 2.99. The van der Waals surface area contributed by atoms with E-state index >= 15 is 0 Å². The van der Waals surface area contributed by atoms with Gasteiger partial charge in [-0.05, 0) is 31.5 Å². The molecule has 1 heterocycles. The van der Waals surface area contributed by atoms with Gasteiger partial charge in [-0.15, -0.1) is 0 Å². The highest BCUT2D eigenvalue weighted by molar-refractivity contribution is 5.83. The van der Waals surface area contributed by atoms with Gasteiger partial charge in [-0.3, -0.25) is 4.79 Å². The van der Waals surface area contributed by atoms with Gasteiger partial charge in [0.1, 0.15) is 6.54 Å². The Balaban J connectivity index is 1.88. The van der Waals surface area contributed by atoms with Crippen molar-refractivity contribution in [2.45, 2.75) is 26.9 Å². The number of nitrogens with zero attached hydrogens (tertiary/aromatic N) is 3. The molecule has 1 amide bonds. The van der Waals surface area contributed by atoms with Crippen LogP contribution in [0.5, 0.6) is 0 Å². The summed E-state index contributed by atoms with van der Waals surface area (Å²) in [5.41, 5.74) is 3.04. The number of para-hydroxylation sites is 2. The number of anilines is 1. The van der Waals surface area contributed by atoms with Gasteiger partial charge in [0.05, 0.1) is 11.0 Å². The van der Waals surface area contributed by atoms with Crippen molar-refractivity contribution in [1.29, 1.82) is 0 Å². The van der Waals surface area contributed by atoms with Crippen molar-refractivity contribution < 1.29 is 4.79 Å². The molecular weight excluding hydrogens is 312 g/mol. The number of imidazole rings is 1. The Labute approximate surface area is 148 Å². The number of aromatic nitrogens is 2. The standard InChI is InChI=1S/C20H24N4O/c1-3-23(4-2)19(25)15-24-18-13-9-8-12-17(18)22-20(24)21-14-16-10-6-5-7-11-16/h5-13H,3-4,14-15H2,1-2H3,(H,21,22). The monoisotopic (exact) mass is 336 g/mol. The minimum absolute atomic E-state index is 0.107. The third kappa shape index (κ3) is 3.82. The largest absolute Gasteiger partial charge is 0.352 e. The van der Waals surface area contributed by atoms with E-state index in [1.807, 2.05) is 65.8 Å². The van der Waals surface area contributed by atoms with Crippen LogP contribution in [-0.4, -0.2) is 33.4 Å². The van der Waals surface area contributed by atoms with Crippen molar-refractivity contribution in [1.82, 2.24) is 14.5 Å². The highest BCUT2D eigenvalue weighted by Gasteiger charge is 2.16. The lowest BCUT2D eigenvalue weighted by Crippen LogP contribution is -2.33. The summed E-state index contributed by atoms with van der Waals surface area (Å²) >= 11 is 0. The maximum Gasteiger partial charge on any atom is 0.242 e. The smallest absolute Gasteiger partial charge is 0.242 e. The molecule has 0 fully saturated rings. The van der Waals surface area contributed by atoms with Gasteiger partial charge in [0.15, 0.2) is 0 Å². The predicted molar refractivity (Wildman–Crippen MR) is 101 cm³/mol. The number of carbonyl (C=O) groups is 1. The number of amides is 1. The van der Waals surface area contributed by atoms with Crippen LogP contribution in [-0.2, 0) is 17.9 Å². The minimum atomic E-state index is 0.107. The maximum absolute atomic E-state index is 12.6. The second-order valence-electron chi connectivity index (χ2n) is 5.92. The molecule has 0 saturated heterocycles. The molecule has 0 atom stereocenters. The molecule has 3 rings (SSSR count). The van der Waals surface area contributed by atoms with E-state index in [0.717, 1.165) is 30.1 Å². The second-order valence-corrected chi connectivity index (χ2v) is 5.92. The Morgan fingerprint density at radius 1 is 1.04 bits per heavy atom. The van der Waals surface area contributed by atoms with Crippen molar-refractivity contribution in [3.63, 3.8) is 0 Å². The fourth-order valence-corrected chi connectivity index (χ4v) is 2.96. The van der Waals surface area contributed by atoms with Crippen LogP contribution in [0.4, 0.5) is 5.95 Å². The van der Waals surface area contributed by atoms with E-state index in [1.165, 1.54) is 5.56 Å². The number of likely N-dealkylation sites (N-methyl/N-ethyl adjacent to an activating group) is 1. The first kappa shape index (κ1) is 17.0. The lowest BCUT2D eigenvalue weighted by Gasteiger charge is -2.20. The zero-order valence-electron chi connectivity index (χ0n) is 14.8. The molecule has 5 heteroatoms. The van der Waals surface area contributed by atoms with Crippen molar-refractivity contribution in [3.8, 4) is 0 Å². The fraction of sp³-hybridized carbons (Fsp3) is 0.300. The topological polar surface area (TPSA) is 50.2 Å². The van der Waals surface area contributed by atoms with Gasteiger partial charge < -0.3 is 14.8 Å². The first-order valence-electron chi connectivity index (χ1n) is 8.73. The summed E-state index contributed by atoms with van der Waals surface area (Å²) in [7, 11) is 0. The van der Waals surface area contributed by atoms with Gasteiger partial charge in [-0.1, -0.05) is 42.5 Å². The number of carbonyl (C=O) groups excluding carboxylic acids is 1. The average molecular weight is 336 g/mol. The van der Waals surface area contributed by atoms with Crippen LogP contribution in [0.25, 0.3) is 11.0 Å². The molecule has 0 unspecified atom stereocenters. The van der Waals surface area contributed by atoms with Gasteiger partial charge in [0, 0.05) is 19.6 Å². The Morgan fingerprint density at radius 3 is 2.44 bits per heavy atom. The highest BCUT2D eigenvalue weighted by atomic mass is 16.2. The summed E-state index contributed by atoms with van der Waals surface area (Å²) in [6.07, 6.45) is 0. The Morgan fingerprint density at radius 2 is 1.72 bits per heavy atom. The maximum atomic E-state index is 12.6. The molecular formula is C20H24N4O. The molecule has 2 aromatic carbocycles. The lowest BCUT2D eigenvalue weighted by atomic mass is 10.2. The van der Waals surface area contributed by atoms with Gasteiger partial charge in [-0.2, -0.15) is 0 Å². The van der Waals surface area contributed by atoms with Crippen molar-refractivity contribution in [3.05, 3.63) is 60.2 Å². The van der Waals surface area contributed by atoms with E-state index in [2.05, 4.69) is 22.4 Å². The number of hydrogen-bond donors (Lipinski definition) is 1. The summed E-state index contributed by atoms with van der Waals surface area (Å²) in [6.45, 7) is 6.40. The minimum Gasteiger partial charge on any atom is -0.352 e. The van der Waals surface area contributed by atoms with E-state index in [-0.39, 0.29) is 5.91 Å². The summed E-state index contributed by atoms with van der Waals surface area (Å²) in [6, 6.07) is 18.1. The van der Waals surface area contributed by atoms with Crippen LogP contribution >= 0.6 is 0 Å². The number of rotatable bonds is 7. The van der Waals surface area contributed by atoms with Crippen LogP contribution in [0, 0.1) is 0 Å². The Kier molecular flexibility index (Phi) is 5.33. The quantitative estimate of drug-likeness (QED) is 0.718. The van der Waals surface area contributed by atoms with Crippen LogP contribution < -0.4 is 5.32 Å². The molecule has 0 aliphatic rings. The highest BCUT2D eigenvalue weighted by Crippen LogP contribution is 2.20. The molecule has 5 nitrogen and oxygen atoms in total. The van der Waals surface area contributed by atoms with Crippen LogP contribution in [0.15, 0.2) is 54.6 Å². The number of benzene rings is 2. The summed E-state index contributed by atoms with van der Waals surface area (Å²) in [5.74, 6) is 0.835. The number of nitrogens with one attached hydrogen (secondary N) is 1. The van der Waals surface area contributed by atoms with E-state index in [1.54, 1.807) is 0 Å².